The van der Waals surface area contributed by atoms with E-state index in [0.29, 0.717) is 32.5 Å². The molecule has 7 heteroatoms. The van der Waals surface area contributed by atoms with Crippen LogP contribution in [0.3, 0.4) is 0 Å². The minimum Gasteiger partial charge on any atom is -0.328 e. The zero-order valence-corrected chi connectivity index (χ0v) is 19.3. The van der Waals surface area contributed by atoms with Gasteiger partial charge >= 0.3 is 0 Å². The number of hydrogen-bond acceptors (Lipinski definition) is 3. The van der Waals surface area contributed by atoms with E-state index < -0.39 is 0 Å². The van der Waals surface area contributed by atoms with Crippen molar-refractivity contribution in [3.8, 4) is 11.4 Å². The summed E-state index contributed by atoms with van der Waals surface area (Å²) in [4.78, 5) is 32.3. The fraction of sp³-hybridized carbons (Fsp3) is 0.320. The highest BCUT2D eigenvalue weighted by atomic mass is 35.5. The molecule has 1 aliphatic rings. The van der Waals surface area contributed by atoms with Crippen molar-refractivity contribution in [3.63, 3.8) is 0 Å². The van der Waals surface area contributed by atoms with Gasteiger partial charge in [-0.15, -0.1) is 0 Å². The summed E-state index contributed by atoms with van der Waals surface area (Å²) in [6.45, 7) is 0. The molecule has 164 valence electrons. The maximum atomic E-state index is 14.0. The molecule has 0 amide bonds. The van der Waals surface area contributed by atoms with Crippen LogP contribution >= 0.6 is 23.2 Å². The van der Waals surface area contributed by atoms with Crippen molar-refractivity contribution in [1.82, 2.24) is 14.1 Å². The van der Waals surface area contributed by atoms with Crippen LogP contribution in [0, 0.1) is 0 Å². The highest BCUT2D eigenvalue weighted by Crippen LogP contribution is 2.34. The molecular formula is C25H23Cl2N3O2. The Labute approximate surface area is 195 Å². The number of para-hydroxylation sites is 1. The highest BCUT2D eigenvalue weighted by molar-refractivity contribution is 6.36. The van der Waals surface area contributed by atoms with Crippen molar-refractivity contribution < 1.29 is 0 Å². The van der Waals surface area contributed by atoms with E-state index in [9.17, 15) is 9.59 Å². The summed E-state index contributed by atoms with van der Waals surface area (Å²) in [6.07, 6.45) is 6.13. The summed E-state index contributed by atoms with van der Waals surface area (Å²) in [5.74, 6) is 0.487. The van der Waals surface area contributed by atoms with Crippen LogP contribution in [0.1, 0.15) is 44.6 Å². The molecule has 1 saturated carbocycles. The van der Waals surface area contributed by atoms with Crippen LogP contribution < -0.4 is 11.0 Å². The Balaban J connectivity index is 1.93. The molecule has 0 atom stereocenters. The number of nitrogens with zero attached hydrogens (tertiary/aromatic N) is 3. The molecule has 0 aliphatic heterocycles. The lowest BCUT2D eigenvalue weighted by molar-refractivity contribution is 0.434. The lowest BCUT2D eigenvalue weighted by Crippen LogP contribution is -2.32. The van der Waals surface area contributed by atoms with Gasteiger partial charge in [0.05, 0.1) is 10.5 Å². The summed E-state index contributed by atoms with van der Waals surface area (Å²) in [5, 5.41) is 1.59. The summed E-state index contributed by atoms with van der Waals surface area (Å²) in [7, 11) is 1.83. The molecule has 32 heavy (non-hydrogen) atoms. The second-order valence-corrected chi connectivity index (χ2v) is 9.33. The summed E-state index contributed by atoms with van der Waals surface area (Å²) in [6, 6.07) is 12.5. The van der Waals surface area contributed by atoms with E-state index in [1.165, 1.54) is 0 Å². The van der Waals surface area contributed by atoms with E-state index >= 15 is 0 Å². The van der Waals surface area contributed by atoms with Crippen molar-refractivity contribution in [2.75, 3.05) is 0 Å². The molecule has 0 spiro atoms. The second kappa shape index (κ2) is 8.38. The first-order valence-corrected chi connectivity index (χ1v) is 11.7. The number of halogens is 2. The maximum Gasteiger partial charge on any atom is 0.267 e. The van der Waals surface area contributed by atoms with Gasteiger partial charge in [-0.3, -0.25) is 14.2 Å². The van der Waals surface area contributed by atoms with Crippen LogP contribution in [0.4, 0.5) is 0 Å². The number of rotatable bonds is 2. The SMILES string of the molecule is Cn1c2ccccc2c(=O)c2c(=O)n(C3CCCCCC3)c(-c3ccc(Cl)cc3Cl)nc21. The fourth-order valence-corrected chi connectivity index (χ4v) is 5.38. The number of hydrogen-bond donors (Lipinski definition) is 0. The molecule has 2 aromatic heterocycles. The molecule has 0 bridgehead atoms. The molecule has 0 saturated heterocycles. The standard InChI is InChI=1S/C25H23Cl2N3O2/c1-29-20-11-7-6-10-18(20)22(31)21-24(29)28-23(17-13-12-15(26)14-19(17)27)30(25(21)32)16-8-4-2-3-5-9-16/h6-7,10-14,16H,2-5,8-9H2,1H3. The van der Waals surface area contributed by atoms with Gasteiger partial charge in [-0.25, -0.2) is 4.98 Å². The van der Waals surface area contributed by atoms with Gasteiger partial charge in [-0.2, -0.15) is 0 Å². The average molecular weight is 468 g/mol. The lowest BCUT2D eigenvalue weighted by atomic mass is 10.1. The second-order valence-electron chi connectivity index (χ2n) is 8.48. The van der Waals surface area contributed by atoms with Gasteiger partial charge in [0.25, 0.3) is 5.56 Å². The molecule has 2 heterocycles. The summed E-state index contributed by atoms with van der Waals surface area (Å²) in [5.41, 5.74) is 1.17. The summed E-state index contributed by atoms with van der Waals surface area (Å²) >= 11 is 12.7. The molecule has 4 aromatic rings. The summed E-state index contributed by atoms with van der Waals surface area (Å²) < 4.78 is 3.54. The largest absolute Gasteiger partial charge is 0.328 e. The van der Waals surface area contributed by atoms with Gasteiger partial charge in [0.1, 0.15) is 11.2 Å². The van der Waals surface area contributed by atoms with Gasteiger partial charge in [0.2, 0.25) is 5.43 Å². The molecule has 1 fully saturated rings. The van der Waals surface area contributed by atoms with E-state index in [1.54, 1.807) is 28.8 Å². The normalized spacial score (nSPS) is 15.3. The van der Waals surface area contributed by atoms with Crippen molar-refractivity contribution in [2.45, 2.75) is 44.6 Å². The zero-order chi connectivity index (χ0) is 22.4. The first-order chi connectivity index (χ1) is 15.5. The predicted molar refractivity (Wildman–Crippen MR) is 131 cm³/mol. The monoisotopic (exact) mass is 467 g/mol. The van der Waals surface area contributed by atoms with Crippen LogP contribution in [-0.2, 0) is 7.05 Å². The van der Waals surface area contributed by atoms with Crippen molar-refractivity contribution in [3.05, 3.63) is 73.1 Å². The Morgan fingerprint density at radius 2 is 1.69 bits per heavy atom. The Kier molecular flexibility index (Phi) is 5.56. The van der Waals surface area contributed by atoms with Crippen LogP contribution in [0.2, 0.25) is 10.0 Å². The van der Waals surface area contributed by atoms with Crippen molar-refractivity contribution >= 4 is 45.1 Å². The number of pyridine rings is 1. The van der Waals surface area contributed by atoms with Gasteiger partial charge in [-0.1, -0.05) is 61.0 Å². The van der Waals surface area contributed by atoms with Gasteiger partial charge in [0.15, 0.2) is 5.65 Å². The smallest absolute Gasteiger partial charge is 0.267 e. The van der Waals surface area contributed by atoms with Gasteiger partial charge in [0, 0.05) is 29.1 Å². The third-order valence-corrected chi connectivity index (χ3v) is 7.06. The molecular weight excluding hydrogens is 445 g/mol. The molecule has 0 N–H and O–H groups in total. The van der Waals surface area contributed by atoms with E-state index in [2.05, 4.69) is 0 Å². The number of benzene rings is 2. The molecule has 5 rings (SSSR count). The van der Waals surface area contributed by atoms with Crippen molar-refractivity contribution in [1.29, 1.82) is 0 Å². The fourth-order valence-electron chi connectivity index (χ4n) is 4.89. The van der Waals surface area contributed by atoms with Crippen LogP contribution in [-0.4, -0.2) is 14.1 Å². The van der Waals surface area contributed by atoms with Crippen LogP contribution in [0.15, 0.2) is 52.1 Å². The molecule has 1 aliphatic carbocycles. The van der Waals surface area contributed by atoms with E-state index in [-0.39, 0.29) is 22.4 Å². The van der Waals surface area contributed by atoms with Gasteiger partial charge < -0.3 is 4.57 Å². The van der Waals surface area contributed by atoms with E-state index in [4.69, 9.17) is 28.2 Å². The minimum absolute atomic E-state index is 0.0279. The van der Waals surface area contributed by atoms with E-state index in [0.717, 1.165) is 44.0 Å². The predicted octanol–water partition coefficient (Wildman–Crippen LogP) is 6.12. The molecule has 0 unspecified atom stereocenters. The van der Waals surface area contributed by atoms with Crippen molar-refractivity contribution in [2.24, 2.45) is 7.05 Å². The van der Waals surface area contributed by atoms with Crippen LogP contribution in [0.25, 0.3) is 33.3 Å². The molecule has 2 aromatic carbocycles. The maximum absolute atomic E-state index is 14.0. The minimum atomic E-state index is -0.297. The average Bonchev–Trinajstić information content (AvgIpc) is 3.06. The quantitative estimate of drug-likeness (QED) is 0.263. The number of aryl methyl sites for hydroxylation is 1. The topological polar surface area (TPSA) is 56.9 Å². The van der Waals surface area contributed by atoms with E-state index in [1.807, 2.05) is 29.8 Å². The Bertz CT molecular complexity index is 1460. The third-order valence-electron chi connectivity index (χ3n) is 6.51. The third kappa shape index (κ3) is 3.44. The van der Waals surface area contributed by atoms with Crippen LogP contribution in [0.5, 0.6) is 0 Å². The molecule has 5 nitrogen and oxygen atoms in total. The number of aromatic nitrogens is 3. The number of fused-ring (bicyclic) bond motifs is 2. The Morgan fingerprint density at radius 1 is 0.969 bits per heavy atom. The first kappa shape index (κ1) is 21.2. The van der Waals surface area contributed by atoms with Gasteiger partial charge in [-0.05, 0) is 43.2 Å². The zero-order valence-electron chi connectivity index (χ0n) is 17.8. The first-order valence-electron chi connectivity index (χ1n) is 11.0. The molecule has 0 radical (unpaired) electrons. The highest BCUT2D eigenvalue weighted by Gasteiger charge is 2.25. The Hall–Kier alpha value is -2.63. The Morgan fingerprint density at radius 3 is 2.41 bits per heavy atom. The lowest BCUT2D eigenvalue weighted by Gasteiger charge is -2.23.